The number of ether oxygens (including phenoxy) is 1. The summed E-state index contributed by atoms with van der Waals surface area (Å²) >= 11 is 2.61. The van der Waals surface area contributed by atoms with Crippen molar-refractivity contribution in [2.24, 2.45) is 0 Å². The van der Waals surface area contributed by atoms with Crippen LogP contribution in [-0.2, 0) is 14.8 Å². The number of aromatic nitrogens is 2. The van der Waals surface area contributed by atoms with Gasteiger partial charge in [0.15, 0.2) is 4.34 Å². The molecule has 1 amide bonds. The number of rotatable bonds is 8. The van der Waals surface area contributed by atoms with E-state index >= 15 is 0 Å². The Labute approximate surface area is 176 Å². The fourth-order valence-electron chi connectivity index (χ4n) is 2.81. The van der Waals surface area contributed by atoms with Crippen LogP contribution in [0.3, 0.4) is 0 Å². The van der Waals surface area contributed by atoms with E-state index in [9.17, 15) is 18.3 Å². The standard InChI is InChI=1S/C17H20N4O5S3/c1-3-8-27-17-20-19-16(28-17)18-15(23)14-9-11(22)10-21(14)29(24,25)13-6-4-12(26-2)5-7-13/h3-7,11,14,22H,1,8-10H2,2H3,(H,18,19,23). The van der Waals surface area contributed by atoms with Crippen LogP contribution < -0.4 is 10.1 Å². The third kappa shape index (κ3) is 4.95. The van der Waals surface area contributed by atoms with Crippen LogP contribution in [0.15, 0.2) is 46.2 Å². The van der Waals surface area contributed by atoms with E-state index in [0.717, 1.165) is 4.31 Å². The molecule has 12 heteroatoms. The van der Waals surface area contributed by atoms with Crippen LogP contribution >= 0.6 is 23.1 Å². The van der Waals surface area contributed by atoms with Crippen LogP contribution in [0.2, 0.25) is 0 Å². The number of hydrogen-bond acceptors (Lipinski definition) is 9. The number of nitrogens with zero attached hydrogens (tertiary/aromatic N) is 3. The fourth-order valence-corrected chi connectivity index (χ4v) is 5.96. The molecule has 2 N–H and O–H groups in total. The Kier molecular flexibility index (Phi) is 6.90. The van der Waals surface area contributed by atoms with Gasteiger partial charge in [-0.05, 0) is 24.3 Å². The highest BCUT2D eigenvalue weighted by Crippen LogP contribution is 2.30. The van der Waals surface area contributed by atoms with Crippen LogP contribution in [0, 0.1) is 0 Å². The number of sulfonamides is 1. The van der Waals surface area contributed by atoms with E-state index in [0.29, 0.717) is 15.8 Å². The lowest BCUT2D eigenvalue weighted by atomic mass is 10.2. The van der Waals surface area contributed by atoms with Gasteiger partial charge >= 0.3 is 0 Å². The molecular formula is C17H20N4O5S3. The zero-order chi connectivity index (χ0) is 21.0. The van der Waals surface area contributed by atoms with Crippen LogP contribution in [-0.4, -0.2) is 65.5 Å². The van der Waals surface area contributed by atoms with E-state index in [4.69, 9.17) is 4.74 Å². The van der Waals surface area contributed by atoms with Crippen molar-refractivity contribution in [2.75, 3.05) is 24.7 Å². The second-order valence-electron chi connectivity index (χ2n) is 6.12. The van der Waals surface area contributed by atoms with E-state index in [-0.39, 0.29) is 23.0 Å². The molecule has 0 aliphatic carbocycles. The second kappa shape index (κ2) is 9.22. The van der Waals surface area contributed by atoms with Crippen LogP contribution in [0.25, 0.3) is 0 Å². The third-order valence-corrected chi connectivity index (χ3v) is 8.02. The zero-order valence-corrected chi connectivity index (χ0v) is 18.0. The molecule has 1 aromatic heterocycles. The Morgan fingerprint density at radius 3 is 2.83 bits per heavy atom. The van der Waals surface area contributed by atoms with Gasteiger partial charge < -0.3 is 9.84 Å². The molecule has 1 aromatic carbocycles. The lowest BCUT2D eigenvalue weighted by Gasteiger charge is -2.22. The predicted octanol–water partition coefficient (Wildman–Crippen LogP) is 1.59. The predicted molar refractivity (Wildman–Crippen MR) is 111 cm³/mol. The number of benzene rings is 1. The molecule has 1 fully saturated rings. The van der Waals surface area contributed by atoms with Gasteiger partial charge in [-0.25, -0.2) is 8.42 Å². The highest BCUT2D eigenvalue weighted by molar-refractivity contribution is 8.01. The van der Waals surface area contributed by atoms with Crippen molar-refractivity contribution in [1.82, 2.24) is 14.5 Å². The fraction of sp³-hybridized carbons (Fsp3) is 0.353. The van der Waals surface area contributed by atoms with Gasteiger partial charge in [0.2, 0.25) is 21.1 Å². The average Bonchev–Trinajstić information content (AvgIpc) is 3.33. The zero-order valence-electron chi connectivity index (χ0n) is 15.5. The molecule has 2 unspecified atom stereocenters. The van der Waals surface area contributed by atoms with Gasteiger partial charge in [-0.15, -0.1) is 16.8 Å². The number of hydrogen-bond donors (Lipinski definition) is 2. The topological polar surface area (TPSA) is 122 Å². The lowest BCUT2D eigenvalue weighted by molar-refractivity contribution is -0.119. The Morgan fingerprint density at radius 2 is 2.17 bits per heavy atom. The molecule has 1 aliphatic rings. The first-order valence-electron chi connectivity index (χ1n) is 8.57. The van der Waals surface area contributed by atoms with E-state index in [2.05, 4.69) is 22.1 Å². The molecule has 0 saturated carbocycles. The maximum atomic E-state index is 13.0. The van der Waals surface area contributed by atoms with Crippen molar-refractivity contribution >= 4 is 44.2 Å². The number of carbonyl (C=O) groups excluding carboxylic acids is 1. The van der Waals surface area contributed by atoms with Crippen molar-refractivity contribution in [3.8, 4) is 5.75 Å². The number of methoxy groups -OCH3 is 1. The number of aliphatic hydroxyl groups is 1. The van der Waals surface area contributed by atoms with E-state index in [1.54, 1.807) is 6.08 Å². The molecular weight excluding hydrogens is 436 g/mol. The second-order valence-corrected chi connectivity index (χ2v) is 10.3. The monoisotopic (exact) mass is 456 g/mol. The lowest BCUT2D eigenvalue weighted by Crippen LogP contribution is -2.43. The molecule has 29 heavy (non-hydrogen) atoms. The first-order valence-corrected chi connectivity index (χ1v) is 11.8. The number of anilines is 1. The SMILES string of the molecule is C=CCSc1nnc(NC(=O)C2CC(O)CN2S(=O)(=O)c2ccc(OC)cc2)s1. The van der Waals surface area contributed by atoms with E-state index in [1.807, 2.05) is 0 Å². The molecule has 0 radical (unpaired) electrons. The molecule has 0 spiro atoms. The molecule has 2 atom stereocenters. The average molecular weight is 457 g/mol. The minimum atomic E-state index is -3.98. The summed E-state index contributed by atoms with van der Waals surface area (Å²) in [4.78, 5) is 12.8. The summed E-state index contributed by atoms with van der Waals surface area (Å²) < 4.78 is 32.8. The number of β-amino-alcohol motifs (C(OH)–C–C–N with tert-alkyl or cyclic N) is 1. The smallest absolute Gasteiger partial charge is 0.244 e. The molecule has 9 nitrogen and oxygen atoms in total. The van der Waals surface area contributed by atoms with Crippen LogP contribution in [0.5, 0.6) is 5.75 Å². The van der Waals surface area contributed by atoms with Crippen molar-refractivity contribution in [3.05, 3.63) is 36.9 Å². The van der Waals surface area contributed by atoms with Crippen molar-refractivity contribution in [2.45, 2.75) is 27.8 Å². The van der Waals surface area contributed by atoms with Crippen molar-refractivity contribution in [1.29, 1.82) is 0 Å². The molecule has 2 aromatic rings. The summed E-state index contributed by atoms with van der Waals surface area (Å²) in [6.07, 6.45) is 0.788. The number of amides is 1. The first kappa shape index (κ1) is 21.7. The normalized spacial score (nSPS) is 19.8. The number of thioether (sulfide) groups is 1. The highest BCUT2D eigenvalue weighted by atomic mass is 32.2. The van der Waals surface area contributed by atoms with Crippen LogP contribution in [0.1, 0.15) is 6.42 Å². The summed E-state index contributed by atoms with van der Waals surface area (Å²) in [5, 5.41) is 20.8. The molecule has 1 aliphatic heterocycles. The first-order chi connectivity index (χ1) is 13.8. The largest absolute Gasteiger partial charge is 0.497 e. The summed E-state index contributed by atoms with van der Waals surface area (Å²) in [6.45, 7) is 3.47. The summed E-state index contributed by atoms with van der Waals surface area (Å²) in [7, 11) is -2.50. The molecule has 2 heterocycles. The maximum Gasteiger partial charge on any atom is 0.244 e. The van der Waals surface area contributed by atoms with Gasteiger partial charge in [-0.3, -0.25) is 10.1 Å². The Hall–Kier alpha value is -1.99. The van der Waals surface area contributed by atoms with Gasteiger partial charge in [-0.2, -0.15) is 4.31 Å². The quantitative estimate of drug-likeness (QED) is 0.349. The van der Waals surface area contributed by atoms with E-state index in [1.165, 1.54) is 54.5 Å². The summed E-state index contributed by atoms with van der Waals surface area (Å²) in [5.41, 5.74) is 0. The Balaban J connectivity index is 1.77. The summed E-state index contributed by atoms with van der Waals surface area (Å²) in [6, 6.07) is 4.81. The van der Waals surface area contributed by atoms with E-state index < -0.39 is 28.1 Å². The van der Waals surface area contributed by atoms with Crippen molar-refractivity contribution < 1.29 is 23.1 Å². The Morgan fingerprint density at radius 1 is 1.45 bits per heavy atom. The minimum absolute atomic E-state index is 0.00189. The van der Waals surface area contributed by atoms with Gasteiger partial charge in [0.1, 0.15) is 11.8 Å². The Bertz CT molecular complexity index is 977. The van der Waals surface area contributed by atoms with Gasteiger partial charge in [0.25, 0.3) is 0 Å². The van der Waals surface area contributed by atoms with Crippen molar-refractivity contribution in [3.63, 3.8) is 0 Å². The molecule has 0 bridgehead atoms. The molecule has 3 rings (SSSR count). The highest BCUT2D eigenvalue weighted by Gasteiger charge is 2.43. The number of nitrogens with one attached hydrogen (secondary N) is 1. The number of aliphatic hydroxyl groups excluding tert-OH is 1. The molecule has 156 valence electrons. The number of carbonyl (C=O) groups is 1. The molecule has 1 saturated heterocycles. The third-order valence-electron chi connectivity index (χ3n) is 4.16. The van der Waals surface area contributed by atoms with Crippen LogP contribution in [0.4, 0.5) is 5.13 Å². The van der Waals surface area contributed by atoms with Gasteiger partial charge in [-0.1, -0.05) is 29.2 Å². The van der Waals surface area contributed by atoms with Gasteiger partial charge in [0, 0.05) is 18.7 Å². The van der Waals surface area contributed by atoms with Gasteiger partial charge in [0.05, 0.1) is 18.1 Å². The maximum absolute atomic E-state index is 13.0. The summed E-state index contributed by atoms with van der Waals surface area (Å²) in [5.74, 6) is 0.613. The minimum Gasteiger partial charge on any atom is -0.497 e.